The number of likely N-dealkylation sites (tertiary alicyclic amines) is 1. The first kappa shape index (κ1) is 25.9. The van der Waals surface area contributed by atoms with Crippen LogP contribution in [0.25, 0.3) is 11.2 Å². The van der Waals surface area contributed by atoms with Crippen molar-refractivity contribution in [3.05, 3.63) is 77.2 Å². The summed E-state index contributed by atoms with van der Waals surface area (Å²) in [6.45, 7) is 4.38. The minimum Gasteiger partial charge on any atom is -0.320 e. The number of pyridine rings is 1. The summed E-state index contributed by atoms with van der Waals surface area (Å²) in [5.74, 6) is 1.89. The monoisotopic (exact) mass is 537 g/mol. The number of nitrogens with zero attached hydrogens (tertiary/aromatic N) is 6. The molecule has 3 aromatic heterocycles. The zero-order chi connectivity index (χ0) is 27.3. The van der Waals surface area contributed by atoms with Gasteiger partial charge in [-0.3, -0.25) is 19.3 Å². The number of fused-ring (bicyclic) bond motifs is 1. The Bertz CT molecular complexity index is 1540. The maximum atomic E-state index is 14.3. The van der Waals surface area contributed by atoms with E-state index < -0.39 is 11.7 Å². The van der Waals surface area contributed by atoms with Crippen LogP contribution in [0.2, 0.25) is 0 Å². The summed E-state index contributed by atoms with van der Waals surface area (Å²) in [4.78, 5) is 2.22. The number of benzene rings is 1. The van der Waals surface area contributed by atoms with Crippen LogP contribution in [0, 0.1) is 17.2 Å². The molecule has 4 aromatic rings. The SMILES string of the molecule is C[C@H]1CCCN(Cc2cc(C(F)(F)F)c3cn(-c4cccc([C@H](c5nncn5C)C5CCC5)c4)c(=N)n3c2)C1. The van der Waals surface area contributed by atoms with Gasteiger partial charge in [-0.05, 0) is 73.4 Å². The number of alkyl halides is 3. The van der Waals surface area contributed by atoms with E-state index in [0.717, 1.165) is 50.2 Å². The minimum absolute atomic E-state index is 0.0136. The highest BCUT2D eigenvalue weighted by molar-refractivity contribution is 5.58. The van der Waals surface area contributed by atoms with Gasteiger partial charge in [-0.2, -0.15) is 13.2 Å². The van der Waals surface area contributed by atoms with Crippen molar-refractivity contribution in [3.63, 3.8) is 0 Å². The molecule has 1 N–H and O–H groups in total. The quantitative estimate of drug-likeness (QED) is 0.352. The molecule has 1 aliphatic carbocycles. The van der Waals surface area contributed by atoms with Gasteiger partial charge < -0.3 is 4.57 Å². The molecule has 10 heteroatoms. The van der Waals surface area contributed by atoms with E-state index in [2.05, 4.69) is 22.0 Å². The third kappa shape index (κ3) is 4.90. The first-order valence-electron chi connectivity index (χ1n) is 13.7. The van der Waals surface area contributed by atoms with Gasteiger partial charge in [-0.1, -0.05) is 25.5 Å². The fraction of sp³-hybridized carbons (Fsp3) is 0.483. The molecule has 0 unspecified atom stereocenters. The smallest absolute Gasteiger partial charge is 0.320 e. The lowest BCUT2D eigenvalue weighted by atomic mass is 9.72. The number of nitrogens with one attached hydrogen (secondary N) is 1. The number of hydrogen-bond acceptors (Lipinski definition) is 4. The Balaban J connectivity index is 1.42. The number of hydrogen-bond donors (Lipinski definition) is 1. The lowest BCUT2D eigenvalue weighted by Crippen LogP contribution is -2.34. The zero-order valence-electron chi connectivity index (χ0n) is 22.3. The molecular formula is C29H34F3N7. The number of halogens is 3. The fourth-order valence-electron chi connectivity index (χ4n) is 6.31. The summed E-state index contributed by atoms with van der Waals surface area (Å²) < 4.78 is 47.7. The van der Waals surface area contributed by atoms with E-state index in [9.17, 15) is 13.2 Å². The van der Waals surface area contributed by atoms with E-state index in [4.69, 9.17) is 5.41 Å². The molecule has 1 aromatic carbocycles. The molecule has 1 saturated heterocycles. The lowest BCUT2D eigenvalue weighted by molar-refractivity contribution is -0.136. The Morgan fingerprint density at radius 1 is 1.10 bits per heavy atom. The molecule has 2 aliphatic rings. The highest BCUT2D eigenvalue weighted by Gasteiger charge is 2.35. The molecule has 206 valence electrons. The molecule has 0 spiro atoms. The molecule has 6 rings (SSSR count). The molecule has 39 heavy (non-hydrogen) atoms. The number of imidazole rings is 1. The Morgan fingerprint density at radius 3 is 2.59 bits per heavy atom. The van der Waals surface area contributed by atoms with Gasteiger partial charge in [-0.15, -0.1) is 10.2 Å². The predicted octanol–water partition coefficient (Wildman–Crippen LogP) is 5.52. The summed E-state index contributed by atoms with van der Waals surface area (Å²) in [5.41, 5.74) is 1.53. The van der Waals surface area contributed by atoms with E-state index in [1.54, 1.807) is 17.1 Å². The average molecular weight is 538 g/mol. The van der Waals surface area contributed by atoms with Crippen LogP contribution in [0.3, 0.4) is 0 Å². The number of aromatic nitrogens is 5. The second-order valence-corrected chi connectivity index (χ2v) is 11.4. The Labute approximate surface area is 225 Å². The summed E-state index contributed by atoms with van der Waals surface area (Å²) in [7, 11) is 1.93. The van der Waals surface area contributed by atoms with Crippen molar-refractivity contribution >= 4 is 5.52 Å². The van der Waals surface area contributed by atoms with E-state index >= 15 is 0 Å². The van der Waals surface area contributed by atoms with Gasteiger partial charge in [0, 0.05) is 44.1 Å². The van der Waals surface area contributed by atoms with E-state index in [1.165, 1.54) is 23.1 Å². The number of piperidine rings is 1. The molecule has 7 nitrogen and oxygen atoms in total. The second kappa shape index (κ2) is 9.97. The summed E-state index contributed by atoms with van der Waals surface area (Å²) in [6.07, 6.45) is 5.88. The zero-order valence-corrected chi connectivity index (χ0v) is 22.3. The summed E-state index contributed by atoms with van der Waals surface area (Å²) >= 11 is 0. The second-order valence-electron chi connectivity index (χ2n) is 11.4. The van der Waals surface area contributed by atoms with Gasteiger partial charge >= 0.3 is 6.18 Å². The molecule has 0 bridgehead atoms. The first-order chi connectivity index (χ1) is 18.7. The molecular weight excluding hydrogens is 503 g/mol. The molecule has 4 heterocycles. The van der Waals surface area contributed by atoms with Crippen molar-refractivity contribution in [2.75, 3.05) is 13.1 Å². The highest BCUT2D eigenvalue weighted by Crippen LogP contribution is 2.43. The molecule has 2 atom stereocenters. The van der Waals surface area contributed by atoms with Crippen LogP contribution < -0.4 is 5.62 Å². The van der Waals surface area contributed by atoms with Crippen molar-refractivity contribution in [1.29, 1.82) is 5.41 Å². The van der Waals surface area contributed by atoms with Crippen LogP contribution in [-0.2, 0) is 19.8 Å². The van der Waals surface area contributed by atoms with Gasteiger partial charge in [0.1, 0.15) is 12.2 Å². The molecule has 1 aliphatic heterocycles. The first-order valence-corrected chi connectivity index (χ1v) is 13.7. The third-order valence-corrected chi connectivity index (χ3v) is 8.47. The van der Waals surface area contributed by atoms with E-state index in [1.807, 2.05) is 35.9 Å². The third-order valence-electron chi connectivity index (χ3n) is 8.47. The Morgan fingerprint density at radius 2 is 1.92 bits per heavy atom. The summed E-state index contributed by atoms with van der Waals surface area (Å²) in [5, 5.41) is 17.4. The maximum Gasteiger partial charge on any atom is 0.418 e. The molecule has 1 saturated carbocycles. The van der Waals surface area contributed by atoms with Gasteiger partial charge in [0.25, 0.3) is 0 Å². The van der Waals surface area contributed by atoms with E-state index in [0.29, 0.717) is 29.6 Å². The van der Waals surface area contributed by atoms with Crippen LogP contribution in [-0.4, -0.2) is 41.7 Å². The van der Waals surface area contributed by atoms with Crippen LogP contribution in [0.4, 0.5) is 13.2 Å². The Hall–Kier alpha value is -3.40. The minimum atomic E-state index is -4.53. The van der Waals surface area contributed by atoms with Crippen molar-refractivity contribution < 1.29 is 13.2 Å². The Kier molecular flexibility index (Phi) is 6.61. The van der Waals surface area contributed by atoms with Crippen LogP contribution in [0.15, 0.2) is 49.1 Å². The normalized spacial score (nSPS) is 19.9. The van der Waals surface area contributed by atoms with Crippen molar-refractivity contribution in [2.45, 2.75) is 57.7 Å². The largest absolute Gasteiger partial charge is 0.418 e. The lowest BCUT2D eigenvalue weighted by Gasteiger charge is -2.33. The average Bonchev–Trinajstić information content (AvgIpc) is 3.43. The molecule has 0 amide bonds. The molecule has 2 fully saturated rings. The van der Waals surface area contributed by atoms with Crippen LogP contribution in [0.1, 0.15) is 67.5 Å². The van der Waals surface area contributed by atoms with Gasteiger partial charge in [0.05, 0.1) is 11.1 Å². The standard InChI is InChI=1S/C29H34F3N7/c1-19-6-5-11-37(14-19)15-20-12-24(29(30,31)32)25-17-38(28(33)39(25)16-20)23-10-4-9-22(13-23)26(21-7-3-8-21)27-35-34-18-36(27)2/h4,9-10,12-13,16-19,21,26,33H,3,5-8,11,14-15H2,1-2H3/t19-,26+/m0/s1. The summed E-state index contributed by atoms with van der Waals surface area (Å²) in [6, 6.07) is 9.04. The number of rotatable bonds is 6. The maximum absolute atomic E-state index is 14.3. The fourth-order valence-corrected chi connectivity index (χ4v) is 6.31. The molecule has 0 radical (unpaired) electrons. The van der Waals surface area contributed by atoms with Crippen molar-refractivity contribution in [3.8, 4) is 5.69 Å². The predicted molar refractivity (Wildman–Crippen MR) is 141 cm³/mol. The van der Waals surface area contributed by atoms with Gasteiger partial charge in [0.2, 0.25) is 5.62 Å². The van der Waals surface area contributed by atoms with Crippen molar-refractivity contribution in [1.82, 2.24) is 28.6 Å². The highest BCUT2D eigenvalue weighted by atomic mass is 19.4. The van der Waals surface area contributed by atoms with Gasteiger partial charge in [-0.25, -0.2) is 0 Å². The van der Waals surface area contributed by atoms with Crippen molar-refractivity contribution in [2.24, 2.45) is 18.9 Å². The van der Waals surface area contributed by atoms with Crippen LogP contribution >= 0.6 is 0 Å². The topological polar surface area (TPSA) is 67.1 Å². The number of aryl methyl sites for hydroxylation is 1. The van der Waals surface area contributed by atoms with E-state index in [-0.39, 0.29) is 17.1 Å². The van der Waals surface area contributed by atoms with Gasteiger partial charge in [0.15, 0.2) is 0 Å². The van der Waals surface area contributed by atoms with Crippen LogP contribution in [0.5, 0.6) is 0 Å².